The Morgan fingerprint density at radius 2 is 1.65 bits per heavy atom. The van der Waals surface area contributed by atoms with Gasteiger partial charge in [0.1, 0.15) is 5.65 Å². The fourth-order valence-corrected chi connectivity index (χ4v) is 2.99. The van der Waals surface area contributed by atoms with Crippen molar-refractivity contribution in [2.45, 2.75) is 13.3 Å². The van der Waals surface area contributed by atoms with Crippen LogP contribution in [0.4, 0.5) is 0 Å². The van der Waals surface area contributed by atoms with Gasteiger partial charge in [0, 0.05) is 24.9 Å². The van der Waals surface area contributed by atoms with Crippen molar-refractivity contribution in [1.29, 1.82) is 0 Å². The van der Waals surface area contributed by atoms with Crippen LogP contribution in [0.5, 0.6) is 0 Å². The minimum atomic E-state index is -0.217. The predicted octanol–water partition coefficient (Wildman–Crippen LogP) is 2.48. The van der Waals surface area contributed by atoms with Gasteiger partial charge in [0.25, 0.3) is 11.8 Å². The number of fused-ring (bicyclic) bond motifs is 2. The van der Waals surface area contributed by atoms with E-state index in [1.165, 1.54) is 4.90 Å². The Morgan fingerprint density at radius 1 is 0.957 bits per heavy atom. The van der Waals surface area contributed by atoms with E-state index in [4.69, 9.17) is 0 Å². The summed E-state index contributed by atoms with van der Waals surface area (Å²) in [5.74, 6) is -0.434. The van der Waals surface area contributed by atoms with Gasteiger partial charge in [0.15, 0.2) is 0 Å². The zero-order chi connectivity index (χ0) is 16.0. The van der Waals surface area contributed by atoms with E-state index in [1.54, 1.807) is 24.3 Å². The van der Waals surface area contributed by atoms with Crippen molar-refractivity contribution in [3.05, 3.63) is 71.2 Å². The lowest BCUT2D eigenvalue weighted by molar-refractivity contribution is 0.0656. The third kappa shape index (κ3) is 2.12. The largest absolute Gasteiger partial charge is 0.304 e. The van der Waals surface area contributed by atoms with E-state index in [-0.39, 0.29) is 11.8 Å². The lowest BCUT2D eigenvalue weighted by Crippen LogP contribution is -2.31. The fraction of sp³-hybridized carbons (Fsp3) is 0.167. The molecule has 114 valence electrons. The molecule has 0 aliphatic carbocycles. The highest BCUT2D eigenvalue weighted by atomic mass is 16.2. The van der Waals surface area contributed by atoms with Crippen LogP contribution in [0.25, 0.3) is 5.65 Å². The number of pyridine rings is 1. The maximum absolute atomic E-state index is 12.3. The van der Waals surface area contributed by atoms with Crippen LogP contribution in [0, 0.1) is 6.92 Å². The highest BCUT2D eigenvalue weighted by molar-refractivity contribution is 6.21. The summed E-state index contributed by atoms with van der Waals surface area (Å²) in [6.07, 6.45) is 2.51. The van der Waals surface area contributed by atoms with Gasteiger partial charge in [-0.15, -0.1) is 0 Å². The molecular weight excluding hydrogens is 290 g/mol. The first-order valence-corrected chi connectivity index (χ1v) is 7.54. The quantitative estimate of drug-likeness (QED) is 0.699. The van der Waals surface area contributed by atoms with Gasteiger partial charge in [-0.3, -0.25) is 14.5 Å². The molecule has 4 rings (SSSR count). The van der Waals surface area contributed by atoms with Crippen LogP contribution < -0.4 is 0 Å². The number of imidazole rings is 1. The molecule has 0 unspecified atom stereocenters. The molecule has 3 heterocycles. The van der Waals surface area contributed by atoms with E-state index < -0.39 is 0 Å². The first-order chi connectivity index (χ1) is 11.1. The Morgan fingerprint density at radius 3 is 2.30 bits per heavy atom. The second-order valence-corrected chi connectivity index (χ2v) is 5.69. The van der Waals surface area contributed by atoms with Crippen molar-refractivity contribution < 1.29 is 9.59 Å². The zero-order valence-corrected chi connectivity index (χ0v) is 12.7. The Bertz CT molecular complexity index is 907. The number of imide groups is 1. The second kappa shape index (κ2) is 5.05. The summed E-state index contributed by atoms with van der Waals surface area (Å²) in [5, 5.41) is 0. The number of carbonyl (C=O) groups is 2. The number of aromatic nitrogens is 2. The average Bonchev–Trinajstić information content (AvgIpc) is 3.08. The van der Waals surface area contributed by atoms with Crippen LogP contribution in [0.15, 0.2) is 48.7 Å². The van der Waals surface area contributed by atoms with Crippen molar-refractivity contribution in [3.63, 3.8) is 0 Å². The monoisotopic (exact) mass is 305 g/mol. The zero-order valence-electron chi connectivity index (χ0n) is 12.7. The van der Waals surface area contributed by atoms with Crippen molar-refractivity contribution in [2.24, 2.45) is 0 Å². The average molecular weight is 305 g/mol. The number of amides is 2. The molecule has 0 bridgehead atoms. The summed E-state index contributed by atoms with van der Waals surface area (Å²) in [7, 11) is 0. The molecule has 0 radical (unpaired) electrons. The van der Waals surface area contributed by atoms with Gasteiger partial charge >= 0.3 is 0 Å². The van der Waals surface area contributed by atoms with Crippen molar-refractivity contribution in [2.75, 3.05) is 6.54 Å². The van der Waals surface area contributed by atoms with Gasteiger partial charge in [-0.05, 0) is 31.2 Å². The predicted molar refractivity (Wildman–Crippen MR) is 85.4 cm³/mol. The summed E-state index contributed by atoms with van der Waals surface area (Å²) in [4.78, 5) is 30.5. The first kappa shape index (κ1) is 13.7. The summed E-state index contributed by atoms with van der Waals surface area (Å²) >= 11 is 0. The van der Waals surface area contributed by atoms with Gasteiger partial charge in [-0.1, -0.05) is 18.2 Å². The molecule has 1 aliphatic heterocycles. The van der Waals surface area contributed by atoms with Crippen LogP contribution in [0.3, 0.4) is 0 Å². The normalized spacial score (nSPS) is 13.9. The number of rotatable bonds is 3. The number of benzene rings is 1. The molecule has 1 aliphatic rings. The fourth-order valence-electron chi connectivity index (χ4n) is 2.99. The molecule has 0 saturated heterocycles. The molecule has 3 aromatic rings. The van der Waals surface area contributed by atoms with E-state index >= 15 is 0 Å². The van der Waals surface area contributed by atoms with Gasteiger partial charge in [-0.25, -0.2) is 4.98 Å². The van der Waals surface area contributed by atoms with Crippen LogP contribution in [-0.2, 0) is 6.42 Å². The molecule has 1 aromatic carbocycles. The molecule has 5 heteroatoms. The number of hydrogen-bond donors (Lipinski definition) is 0. The lowest BCUT2D eigenvalue weighted by Gasteiger charge is -2.12. The topological polar surface area (TPSA) is 54.7 Å². The van der Waals surface area contributed by atoms with E-state index in [9.17, 15) is 9.59 Å². The van der Waals surface area contributed by atoms with Gasteiger partial charge in [-0.2, -0.15) is 0 Å². The molecule has 0 fully saturated rings. The molecule has 2 aromatic heterocycles. The molecule has 5 nitrogen and oxygen atoms in total. The molecule has 23 heavy (non-hydrogen) atoms. The van der Waals surface area contributed by atoms with E-state index in [0.29, 0.717) is 24.1 Å². The standard InChI is InChI=1S/C18H15N3O2/c1-12-5-4-8-16-19-13(11-21(12)16)9-10-20-17(22)14-6-2-3-7-15(14)18(20)23/h2-8,11H,9-10H2,1H3. The molecule has 0 spiro atoms. The van der Waals surface area contributed by atoms with Gasteiger partial charge in [0.2, 0.25) is 0 Å². The number of carbonyl (C=O) groups excluding carboxylic acids is 2. The van der Waals surface area contributed by atoms with Crippen molar-refractivity contribution >= 4 is 17.5 Å². The van der Waals surface area contributed by atoms with E-state index in [1.807, 2.05) is 35.7 Å². The first-order valence-electron chi connectivity index (χ1n) is 7.54. The Balaban J connectivity index is 1.56. The molecule has 0 atom stereocenters. The summed E-state index contributed by atoms with van der Waals surface area (Å²) in [5.41, 5.74) is 3.83. The smallest absolute Gasteiger partial charge is 0.261 e. The highest BCUT2D eigenvalue weighted by Gasteiger charge is 2.34. The highest BCUT2D eigenvalue weighted by Crippen LogP contribution is 2.22. The van der Waals surface area contributed by atoms with Crippen LogP contribution in [0.2, 0.25) is 0 Å². The third-order valence-electron chi connectivity index (χ3n) is 4.22. The minimum absolute atomic E-state index is 0.217. The minimum Gasteiger partial charge on any atom is -0.304 e. The molecular formula is C18H15N3O2. The van der Waals surface area contributed by atoms with Gasteiger partial charge in [0.05, 0.1) is 16.8 Å². The Hall–Kier alpha value is -2.95. The van der Waals surface area contributed by atoms with Crippen LogP contribution in [-0.4, -0.2) is 32.6 Å². The Kier molecular flexibility index (Phi) is 3.01. The van der Waals surface area contributed by atoms with Crippen molar-refractivity contribution in [1.82, 2.24) is 14.3 Å². The van der Waals surface area contributed by atoms with Gasteiger partial charge < -0.3 is 4.40 Å². The lowest BCUT2D eigenvalue weighted by atomic mass is 10.1. The second-order valence-electron chi connectivity index (χ2n) is 5.69. The van der Waals surface area contributed by atoms with E-state index in [2.05, 4.69) is 4.98 Å². The number of nitrogens with zero attached hydrogens (tertiary/aromatic N) is 3. The summed E-state index contributed by atoms with van der Waals surface area (Å²) in [6.45, 7) is 2.36. The van der Waals surface area contributed by atoms with Crippen molar-refractivity contribution in [3.8, 4) is 0 Å². The number of hydrogen-bond acceptors (Lipinski definition) is 3. The Labute approximate surface area is 133 Å². The maximum Gasteiger partial charge on any atom is 0.261 e. The SMILES string of the molecule is Cc1cccc2nc(CCN3C(=O)c4ccccc4C3=O)cn12. The van der Waals surface area contributed by atoms with Crippen LogP contribution in [0.1, 0.15) is 32.1 Å². The summed E-state index contributed by atoms with van der Waals surface area (Å²) < 4.78 is 2.01. The summed E-state index contributed by atoms with van der Waals surface area (Å²) in [6, 6.07) is 12.9. The van der Waals surface area contributed by atoms with E-state index in [0.717, 1.165) is 17.0 Å². The number of aryl methyl sites for hydroxylation is 1. The third-order valence-corrected chi connectivity index (χ3v) is 4.22. The molecule has 0 saturated carbocycles. The maximum atomic E-state index is 12.3. The van der Waals surface area contributed by atoms with Crippen LogP contribution >= 0.6 is 0 Å². The molecule has 0 N–H and O–H groups in total. The molecule has 2 amide bonds.